The van der Waals surface area contributed by atoms with E-state index in [2.05, 4.69) is 34.1 Å². The maximum absolute atomic E-state index is 10.6. The number of halogens is 6. The molecule has 0 spiro atoms. The summed E-state index contributed by atoms with van der Waals surface area (Å²) in [6.45, 7) is 7.62. The van der Waals surface area contributed by atoms with Crippen molar-refractivity contribution in [3.63, 3.8) is 0 Å². The van der Waals surface area contributed by atoms with E-state index in [1.54, 1.807) is 11.1 Å². The normalized spacial score (nSPS) is 18.7. The number of carboxylic acid groups (broad SMARTS) is 2. The first-order chi connectivity index (χ1) is 16.7. The Morgan fingerprint density at radius 1 is 0.833 bits per heavy atom. The van der Waals surface area contributed by atoms with Crippen LogP contribution in [0, 0.1) is 5.92 Å². The number of alkyl halides is 6. The Morgan fingerprint density at radius 3 is 1.78 bits per heavy atom. The molecule has 1 unspecified atom stereocenters. The molecule has 3 N–H and O–H groups in total. The van der Waals surface area contributed by atoms with E-state index < -0.39 is 24.3 Å². The zero-order chi connectivity index (χ0) is 27.4. The van der Waals surface area contributed by atoms with Crippen molar-refractivity contribution in [1.82, 2.24) is 9.80 Å². The van der Waals surface area contributed by atoms with Crippen LogP contribution >= 0.6 is 0 Å². The molecule has 3 rings (SSSR count). The molecule has 1 heterocycles. The number of rotatable bonds is 6. The van der Waals surface area contributed by atoms with Crippen LogP contribution in [0.1, 0.15) is 30.4 Å². The number of aliphatic hydroxyl groups is 1. The van der Waals surface area contributed by atoms with Gasteiger partial charge in [-0.25, -0.2) is 9.59 Å². The van der Waals surface area contributed by atoms with Crippen LogP contribution in [0.2, 0.25) is 0 Å². The van der Waals surface area contributed by atoms with Crippen molar-refractivity contribution in [1.29, 1.82) is 0 Å². The van der Waals surface area contributed by atoms with Gasteiger partial charge in [0, 0.05) is 39.3 Å². The second-order valence-corrected chi connectivity index (χ2v) is 8.56. The van der Waals surface area contributed by atoms with Gasteiger partial charge in [0.15, 0.2) is 0 Å². The van der Waals surface area contributed by atoms with Gasteiger partial charge in [-0.2, -0.15) is 26.3 Å². The quantitative estimate of drug-likeness (QED) is 0.383. The van der Waals surface area contributed by atoms with Crippen LogP contribution in [0.4, 0.5) is 26.3 Å². The highest BCUT2D eigenvalue weighted by molar-refractivity contribution is 5.73. The fraction of sp³-hybridized carbons (Fsp3) is 0.652. The summed E-state index contributed by atoms with van der Waals surface area (Å²) in [7, 11) is 0. The minimum absolute atomic E-state index is 0.336. The van der Waals surface area contributed by atoms with Crippen molar-refractivity contribution < 1.29 is 51.3 Å². The maximum Gasteiger partial charge on any atom is 0.490 e. The molecular formula is C23H32F6N2O5. The molecule has 13 heteroatoms. The van der Waals surface area contributed by atoms with E-state index in [-0.39, 0.29) is 0 Å². The summed E-state index contributed by atoms with van der Waals surface area (Å²) in [5, 5.41) is 23.1. The first-order valence-electron chi connectivity index (χ1n) is 11.5. The van der Waals surface area contributed by atoms with Crippen molar-refractivity contribution >= 4 is 11.9 Å². The van der Waals surface area contributed by atoms with Crippen LogP contribution in [-0.4, -0.2) is 95.3 Å². The smallest absolute Gasteiger partial charge is 0.475 e. The number of carboxylic acids is 2. The van der Waals surface area contributed by atoms with E-state index in [1.807, 2.05) is 0 Å². The molecule has 2 aliphatic rings. The summed E-state index contributed by atoms with van der Waals surface area (Å²) in [5.74, 6) is -4.67. The summed E-state index contributed by atoms with van der Waals surface area (Å²) in [6, 6.07) is 8.98. The van der Waals surface area contributed by atoms with E-state index >= 15 is 0 Å². The number of aryl methyl sites for hydroxylation is 1. The molecule has 0 radical (unpaired) electrons. The molecule has 1 saturated heterocycles. The number of nitrogens with zero attached hydrogens (tertiary/aromatic N) is 2. The van der Waals surface area contributed by atoms with Crippen molar-refractivity contribution in [2.45, 2.75) is 44.5 Å². The number of carbonyl (C=O) groups is 2. The highest BCUT2D eigenvalue weighted by atomic mass is 19.4. The van der Waals surface area contributed by atoms with Gasteiger partial charge in [-0.3, -0.25) is 0 Å². The molecule has 1 aromatic carbocycles. The van der Waals surface area contributed by atoms with Crippen LogP contribution < -0.4 is 0 Å². The summed E-state index contributed by atoms with van der Waals surface area (Å²) < 4.78 is 63.5. The summed E-state index contributed by atoms with van der Waals surface area (Å²) in [6.07, 6.45) is -4.19. The van der Waals surface area contributed by atoms with Crippen molar-refractivity contribution in [3.05, 3.63) is 35.4 Å². The summed E-state index contributed by atoms with van der Waals surface area (Å²) >= 11 is 0. The summed E-state index contributed by atoms with van der Waals surface area (Å²) in [5.41, 5.74) is 3.16. The largest absolute Gasteiger partial charge is 0.490 e. The second-order valence-electron chi connectivity index (χ2n) is 8.56. The number of aliphatic carboxylic acids is 2. The molecule has 206 valence electrons. The van der Waals surface area contributed by atoms with Crippen molar-refractivity contribution in [2.75, 3.05) is 45.9 Å². The van der Waals surface area contributed by atoms with Gasteiger partial charge in [0.05, 0.1) is 0 Å². The zero-order valence-electron chi connectivity index (χ0n) is 19.7. The number of aliphatic hydroxyl groups excluding tert-OH is 1. The van der Waals surface area contributed by atoms with Crippen LogP contribution in [0.25, 0.3) is 0 Å². The van der Waals surface area contributed by atoms with E-state index in [9.17, 15) is 26.3 Å². The lowest BCUT2D eigenvalue weighted by molar-refractivity contribution is -0.193. The van der Waals surface area contributed by atoms with Crippen LogP contribution in [0.15, 0.2) is 24.3 Å². The van der Waals surface area contributed by atoms with E-state index in [4.69, 9.17) is 24.9 Å². The number of hydrogen-bond acceptors (Lipinski definition) is 5. The van der Waals surface area contributed by atoms with Gasteiger partial charge in [0.2, 0.25) is 0 Å². The Bertz CT molecular complexity index is 787. The SMILES string of the molecule is O=C(O)C(F)(F)F.O=C(O)C(F)(F)F.OCCCCN1CCN(CC2CCc3ccccc3C2)CC1. The molecule has 36 heavy (non-hydrogen) atoms. The van der Waals surface area contributed by atoms with E-state index in [0.717, 1.165) is 25.3 Å². The van der Waals surface area contributed by atoms with Gasteiger partial charge in [-0.1, -0.05) is 24.3 Å². The average molecular weight is 531 g/mol. The minimum atomic E-state index is -5.08. The van der Waals surface area contributed by atoms with E-state index in [0.29, 0.717) is 6.61 Å². The predicted octanol–water partition coefficient (Wildman–Crippen LogP) is 3.45. The lowest BCUT2D eigenvalue weighted by Gasteiger charge is -2.37. The first-order valence-corrected chi connectivity index (χ1v) is 11.5. The third-order valence-corrected chi connectivity index (χ3v) is 5.80. The molecule has 0 saturated carbocycles. The number of hydrogen-bond donors (Lipinski definition) is 3. The average Bonchev–Trinajstić information content (AvgIpc) is 2.80. The van der Waals surface area contributed by atoms with E-state index in [1.165, 1.54) is 52.0 Å². The Labute approximate surface area is 205 Å². The van der Waals surface area contributed by atoms with Gasteiger partial charge < -0.3 is 25.1 Å². The number of unbranched alkanes of at least 4 members (excludes halogenated alkanes) is 1. The topological polar surface area (TPSA) is 101 Å². The van der Waals surface area contributed by atoms with Gasteiger partial charge in [0.1, 0.15) is 0 Å². The fourth-order valence-electron chi connectivity index (χ4n) is 3.94. The Hall–Kier alpha value is -2.38. The highest BCUT2D eigenvalue weighted by Gasteiger charge is 2.38. The highest BCUT2D eigenvalue weighted by Crippen LogP contribution is 2.26. The van der Waals surface area contributed by atoms with Gasteiger partial charge in [-0.05, 0) is 55.7 Å². The molecular weight excluding hydrogens is 498 g/mol. The third-order valence-electron chi connectivity index (χ3n) is 5.80. The fourth-order valence-corrected chi connectivity index (χ4v) is 3.94. The number of benzene rings is 1. The summed E-state index contributed by atoms with van der Waals surface area (Å²) in [4.78, 5) is 23.0. The molecule has 0 amide bonds. The lowest BCUT2D eigenvalue weighted by atomic mass is 9.83. The van der Waals surface area contributed by atoms with Gasteiger partial charge in [-0.15, -0.1) is 0 Å². The molecule has 1 fully saturated rings. The van der Waals surface area contributed by atoms with Gasteiger partial charge >= 0.3 is 24.3 Å². The molecule has 0 bridgehead atoms. The van der Waals surface area contributed by atoms with Gasteiger partial charge in [0.25, 0.3) is 0 Å². The molecule has 1 aromatic rings. The maximum atomic E-state index is 10.6. The molecule has 1 aliphatic heterocycles. The molecule has 1 aliphatic carbocycles. The number of fused-ring (bicyclic) bond motifs is 1. The first kappa shape index (κ1) is 31.6. The van der Waals surface area contributed by atoms with Crippen molar-refractivity contribution in [3.8, 4) is 0 Å². The standard InChI is InChI=1S/C19H30N2O.2C2HF3O2/c22-14-4-3-9-20-10-12-21(13-11-20)16-17-7-8-18-5-1-2-6-19(18)15-17;2*3-2(4,5)1(6)7/h1-2,5-6,17,22H,3-4,7-16H2;2*(H,6,7). The zero-order valence-corrected chi connectivity index (χ0v) is 19.7. The monoisotopic (exact) mass is 530 g/mol. The molecule has 7 nitrogen and oxygen atoms in total. The molecule has 1 atom stereocenters. The van der Waals surface area contributed by atoms with Crippen LogP contribution in [0.3, 0.4) is 0 Å². The Morgan fingerprint density at radius 2 is 1.31 bits per heavy atom. The predicted molar refractivity (Wildman–Crippen MR) is 119 cm³/mol. The number of piperazine rings is 1. The Kier molecular flexibility index (Phi) is 13.2. The minimum Gasteiger partial charge on any atom is -0.475 e. The van der Waals surface area contributed by atoms with Crippen molar-refractivity contribution in [2.24, 2.45) is 5.92 Å². The lowest BCUT2D eigenvalue weighted by Crippen LogP contribution is -2.48. The molecule has 0 aromatic heterocycles. The van der Waals surface area contributed by atoms with Crippen LogP contribution in [-0.2, 0) is 22.4 Å². The third kappa shape index (κ3) is 12.5. The van der Waals surface area contributed by atoms with Crippen LogP contribution in [0.5, 0.6) is 0 Å². The second kappa shape index (κ2) is 15.0. The Balaban J connectivity index is 0.000000383.